The molecule has 1 N–H and O–H groups in total. The Morgan fingerprint density at radius 3 is 2.50 bits per heavy atom. The summed E-state index contributed by atoms with van der Waals surface area (Å²) in [5, 5.41) is 4.82. The van der Waals surface area contributed by atoms with Gasteiger partial charge >= 0.3 is 0 Å². The van der Waals surface area contributed by atoms with Crippen LogP contribution in [0.15, 0.2) is 91.5 Å². The van der Waals surface area contributed by atoms with E-state index in [1.54, 1.807) is 6.20 Å². The lowest BCUT2D eigenvalue weighted by molar-refractivity contribution is 0.549. The molecule has 2 atom stereocenters. The van der Waals surface area contributed by atoms with Crippen molar-refractivity contribution in [1.82, 2.24) is 19.9 Å². The van der Waals surface area contributed by atoms with Gasteiger partial charge in [0.25, 0.3) is 0 Å². The Hall–Kier alpha value is -3.22. The van der Waals surface area contributed by atoms with Crippen LogP contribution in [0.25, 0.3) is 5.69 Å². The van der Waals surface area contributed by atoms with Gasteiger partial charge in [0.05, 0.1) is 23.6 Å². The smallest absolute Gasteiger partial charge is 0.174 e. The number of halogens is 1. The standard InChI is InChI=1S/C23H18ClN5S/c24-16-8-10-17(11-9-16)29-22(21(27-23(29)30)19-6-1-2-13-26-19)20-7-4-14-28(20)18-5-3-12-25-15-18/h1-15,21-22H,(H,27,30)/t21-,22+/m0/s1. The first-order chi connectivity index (χ1) is 14.7. The van der Waals surface area contributed by atoms with Gasteiger partial charge in [-0.3, -0.25) is 9.97 Å². The van der Waals surface area contributed by atoms with E-state index in [0.29, 0.717) is 10.1 Å². The van der Waals surface area contributed by atoms with E-state index in [0.717, 1.165) is 22.8 Å². The summed E-state index contributed by atoms with van der Waals surface area (Å²) in [6, 6.07) is 21.6. The molecule has 0 bridgehead atoms. The van der Waals surface area contributed by atoms with Gasteiger partial charge in [-0.05, 0) is 72.9 Å². The van der Waals surface area contributed by atoms with Crippen LogP contribution in [0.5, 0.6) is 0 Å². The molecular weight excluding hydrogens is 414 g/mol. The van der Waals surface area contributed by atoms with Crippen molar-refractivity contribution in [2.24, 2.45) is 0 Å². The van der Waals surface area contributed by atoms with Gasteiger partial charge in [-0.1, -0.05) is 17.7 Å². The van der Waals surface area contributed by atoms with Crippen molar-refractivity contribution in [3.05, 3.63) is 108 Å². The molecule has 5 nitrogen and oxygen atoms in total. The van der Waals surface area contributed by atoms with E-state index >= 15 is 0 Å². The minimum Gasteiger partial charge on any atom is -0.351 e. The summed E-state index contributed by atoms with van der Waals surface area (Å²) in [6.45, 7) is 0. The SMILES string of the molecule is S=C1N[C@@H](c2ccccn2)[C@@H](c2cccn2-c2cccnc2)N1c1ccc(Cl)cc1. The van der Waals surface area contributed by atoms with Crippen molar-refractivity contribution < 1.29 is 0 Å². The number of hydrogen-bond acceptors (Lipinski definition) is 3. The lowest BCUT2D eigenvalue weighted by Gasteiger charge is -2.29. The molecule has 7 heteroatoms. The first-order valence-corrected chi connectivity index (χ1v) is 10.3. The van der Waals surface area contributed by atoms with E-state index in [1.165, 1.54) is 0 Å². The molecule has 4 aromatic rings. The average molecular weight is 432 g/mol. The molecule has 1 aliphatic heterocycles. The van der Waals surface area contributed by atoms with Crippen LogP contribution in [0, 0.1) is 0 Å². The number of rotatable bonds is 4. The first kappa shape index (κ1) is 18.8. The topological polar surface area (TPSA) is 46.0 Å². The zero-order chi connectivity index (χ0) is 20.5. The normalized spacial score (nSPS) is 18.4. The molecule has 1 aliphatic rings. The molecule has 0 spiro atoms. The van der Waals surface area contributed by atoms with E-state index in [4.69, 9.17) is 23.8 Å². The van der Waals surface area contributed by atoms with Crippen molar-refractivity contribution in [3.63, 3.8) is 0 Å². The number of anilines is 1. The third-order valence-electron chi connectivity index (χ3n) is 5.21. The highest BCUT2D eigenvalue weighted by molar-refractivity contribution is 7.80. The second kappa shape index (κ2) is 7.89. The number of hydrogen-bond donors (Lipinski definition) is 1. The minimum absolute atomic E-state index is 0.108. The number of benzene rings is 1. The molecule has 5 rings (SSSR count). The van der Waals surface area contributed by atoms with Crippen LogP contribution in [0.4, 0.5) is 5.69 Å². The average Bonchev–Trinajstić information content (AvgIpc) is 3.40. The predicted molar refractivity (Wildman–Crippen MR) is 123 cm³/mol. The Kier molecular flexibility index (Phi) is 4.94. The van der Waals surface area contributed by atoms with Crippen LogP contribution in [0.2, 0.25) is 5.02 Å². The summed E-state index contributed by atoms with van der Waals surface area (Å²) in [6.07, 6.45) is 7.48. The van der Waals surface area contributed by atoms with Crippen molar-refractivity contribution >= 4 is 34.6 Å². The maximum atomic E-state index is 6.13. The van der Waals surface area contributed by atoms with E-state index in [2.05, 4.69) is 30.8 Å². The highest BCUT2D eigenvalue weighted by Crippen LogP contribution is 2.42. The summed E-state index contributed by atoms with van der Waals surface area (Å²) in [4.78, 5) is 11.0. The first-order valence-electron chi connectivity index (χ1n) is 9.56. The number of nitrogens with one attached hydrogen (secondary N) is 1. The van der Waals surface area contributed by atoms with Gasteiger partial charge in [-0.15, -0.1) is 0 Å². The molecule has 0 radical (unpaired) electrons. The van der Waals surface area contributed by atoms with Crippen LogP contribution in [-0.2, 0) is 0 Å². The molecule has 0 amide bonds. The fourth-order valence-electron chi connectivity index (χ4n) is 3.90. The molecule has 0 saturated carbocycles. The Morgan fingerprint density at radius 2 is 1.77 bits per heavy atom. The number of nitrogens with zero attached hydrogens (tertiary/aromatic N) is 4. The van der Waals surface area contributed by atoms with Gasteiger partial charge in [0.1, 0.15) is 6.04 Å². The maximum Gasteiger partial charge on any atom is 0.174 e. The predicted octanol–water partition coefficient (Wildman–Crippen LogP) is 5.10. The molecule has 4 heterocycles. The fourth-order valence-corrected chi connectivity index (χ4v) is 4.37. The van der Waals surface area contributed by atoms with Crippen molar-refractivity contribution in [2.45, 2.75) is 12.1 Å². The molecule has 3 aromatic heterocycles. The van der Waals surface area contributed by atoms with E-state index in [9.17, 15) is 0 Å². The van der Waals surface area contributed by atoms with Crippen LogP contribution >= 0.6 is 23.8 Å². The van der Waals surface area contributed by atoms with Crippen molar-refractivity contribution in [1.29, 1.82) is 0 Å². The zero-order valence-corrected chi connectivity index (χ0v) is 17.5. The lowest BCUT2D eigenvalue weighted by Crippen LogP contribution is -2.30. The largest absolute Gasteiger partial charge is 0.351 e. The second-order valence-electron chi connectivity index (χ2n) is 6.99. The molecule has 1 saturated heterocycles. The van der Waals surface area contributed by atoms with Crippen molar-refractivity contribution in [3.8, 4) is 5.69 Å². The molecular formula is C23H18ClN5S. The minimum atomic E-state index is -0.111. The van der Waals surface area contributed by atoms with Crippen LogP contribution in [0.3, 0.4) is 0 Å². The Labute approximate surface area is 185 Å². The van der Waals surface area contributed by atoms with Gasteiger partial charge in [0.2, 0.25) is 0 Å². The summed E-state index contributed by atoms with van der Waals surface area (Å²) in [5.41, 5.74) is 3.98. The van der Waals surface area contributed by atoms with Crippen LogP contribution in [-0.4, -0.2) is 19.6 Å². The maximum absolute atomic E-state index is 6.13. The Bertz CT molecular complexity index is 1160. The lowest BCUT2D eigenvalue weighted by atomic mass is 10.0. The third kappa shape index (κ3) is 3.34. The van der Waals surface area contributed by atoms with Gasteiger partial charge in [0.15, 0.2) is 5.11 Å². The highest BCUT2D eigenvalue weighted by Gasteiger charge is 2.42. The number of aromatic nitrogens is 3. The highest BCUT2D eigenvalue weighted by atomic mass is 35.5. The summed E-state index contributed by atoms with van der Waals surface area (Å²) in [5.74, 6) is 0. The Balaban J connectivity index is 1.67. The molecule has 30 heavy (non-hydrogen) atoms. The number of pyridine rings is 2. The Morgan fingerprint density at radius 1 is 0.900 bits per heavy atom. The van der Waals surface area contributed by atoms with Crippen molar-refractivity contribution in [2.75, 3.05) is 4.90 Å². The van der Waals surface area contributed by atoms with Gasteiger partial charge in [-0.2, -0.15) is 0 Å². The molecule has 1 aromatic carbocycles. The summed E-state index contributed by atoms with van der Waals surface area (Å²) < 4.78 is 2.14. The fraction of sp³-hybridized carbons (Fsp3) is 0.0870. The van der Waals surface area contributed by atoms with Crippen LogP contribution in [0.1, 0.15) is 23.5 Å². The van der Waals surface area contributed by atoms with E-state index in [1.807, 2.05) is 79.3 Å². The third-order valence-corrected chi connectivity index (χ3v) is 5.78. The zero-order valence-electron chi connectivity index (χ0n) is 15.9. The van der Waals surface area contributed by atoms with E-state index in [-0.39, 0.29) is 12.1 Å². The van der Waals surface area contributed by atoms with Gasteiger partial charge < -0.3 is 14.8 Å². The van der Waals surface area contributed by atoms with Crippen LogP contribution < -0.4 is 10.2 Å². The summed E-state index contributed by atoms with van der Waals surface area (Å²) in [7, 11) is 0. The molecule has 1 fully saturated rings. The monoisotopic (exact) mass is 431 g/mol. The quantitative estimate of drug-likeness (QED) is 0.455. The molecule has 148 valence electrons. The second-order valence-corrected chi connectivity index (χ2v) is 7.81. The van der Waals surface area contributed by atoms with Gasteiger partial charge in [-0.25, -0.2) is 0 Å². The molecule has 0 aliphatic carbocycles. The number of thiocarbonyl (C=S) groups is 1. The van der Waals surface area contributed by atoms with Gasteiger partial charge in [0, 0.05) is 35.0 Å². The molecule has 0 unspecified atom stereocenters. The van der Waals surface area contributed by atoms with E-state index < -0.39 is 0 Å². The summed E-state index contributed by atoms with van der Waals surface area (Å²) >= 11 is 11.9.